The topological polar surface area (TPSA) is 76.5 Å². The first-order chi connectivity index (χ1) is 6.18. The smallest absolute Gasteiger partial charge is 0.315 e. The summed E-state index contributed by atoms with van der Waals surface area (Å²) in [5.74, 6) is -0.138. The SMILES string of the molecule is O=[N+]([O-])c1cc(O)cc2ccoc12. The molecule has 13 heavy (non-hydrogen) atoms. The van der Waals surface area contributed by atoms with E-state index in [0.29, 0.717) is 5.39 Å². The molecular weight excluding hydrogens is 174 g/mol. The molecule has 0 bridgehead atoms. The lowest BCUT2D eigenvalue weighted by Crippen LogP contribution is -1.87. The summed E-state index contributed by atoms with van der Waals surface area (Å²) in [5.41, 5.74) is -0.0391. The minimum Gasteiger partial charge on any atom is -0.508 e. The van der Waals surface area contributed by atoms with Crippen LogP contribution in [0.2, 0.25) is 0 Å². The van der Waals surface area contributed by atoms with E-state index in [0.717, 1.165) is 6.07 Å². The molecule has 1 heterocycles. The van der Waals surface area contributed by atoms with E-state index >= 15 is 0 Å². The second-order valence-corrected chi connectivity index (χ2v) is 2.56. The van der Waals surface area contributed by atoms with Gasteiger partial charge in [0.05, 0.1) is 17.3 Å². The van der Waals surface area contributed by atoms with Crippen LogP contribution in [0.25, 0.3) is 11.0 Å². The standard InChI is InChI=1S/C8H5NO4/c10-6-3-5-1-2-13-8(5)7(4-6)9(11)12/h1-4,10H. The molecule has 0 saturated carbocycles. The third-order valence-electron chi connectivity index (χ3n) is 1.71. The first-order valence-electron chi connectivity index (χ1n) is 3.53. The van der Waals surface area contributed by atoms with Crippen LogP contribution in [0.15, 0.2) is 28.9 Å². The Bertz CT molecular complexity index is 474. The van der Waals surface area contributed by atoms with Crippen molar-refractivity contribution >= 4 is 16.7 Å². The van der Waals surface area contributed by atoms with Crippen molar-refractivity contribution in [1.29, 1.82) is 0 Å². The van der Waals surface area contributed by atoms with E-state index in [-0.39, 0.29) is 17.0 Å². The highest BCUT2D eigenvalue weighted by atomic mass is 16.6. The largest absolute Gasteiger partial charge is 0.508 e. The van der Waals surface area contributed by atoms with Crippen molar-refractivity contribution < 1.29 is 14.4 Å². The minimum atomic E-state index is -0.592. The number of nitro groups is 1. The number of hydrogen-bond donors (Lipinski definition) is 1. The Hall–Kier alpha value is -2.04. The Labute approximate surface area is 72.4 Å². The number of nitro benzene ring substituents is 1. The number of non-ortho nitro benzene ring substituents is 1. The lowest BCUT2D eigenvalue weighted by Gasteiger charge is -1.94. The molecule has 0 fully saturated rings. The first kappa shape index (κ1) is 7.60. The zero-order valence-corrected chi connectivity index (χ0v) is 6.43. The van der Waals surface area contributed by atoms with Gasteiger partial charge in [-0.15, -0.1) is 0 Å². The van der Waals surface area contributed by atoms with Crippen LogP contribution < -0.4 is 0 Å². The number of fused-ring (bicyclic) bond motifs is 1. The number of furan rings is 1. The molecule has 1 N–H and O–H groups in total. The van der Waals surface area contributed by atoms with Crippen LogP contribution in [0.4, 0.5) is 5.69 Å². The van der Waals surface area contributed by atoms with Crippen LogP contribution in [-0.2, 0) is 0 Å². The Kier molecular flexibility index (Phi) is 1.45. The van der Waals surface area contributed by atoms with E-state index in [1.807, 2.05) is 0 Å². The van der Waals surface area contributed by atoms with Crippen LogP contribution >= 0.6 is 0 Å². The monoisotopic (exact) mass is 179 g/mol. The highest BCUT2D eigenvalue weighted by Crippen LogP contribution is 2.30. The van der Waals surface area contributed by atoms with Gasteiger partial charge in [0.1, 0.15) is 5.75 Å². The molecule has 0 saturated heterocycles. The fourth-order valence-corrected chi connectivity index (χ4v) is 1.18. The van der Waals surface area contributed by atoms with E-state index in [1.165, 1.54) is 12.3 Å². The number of aromatic hydroxyl groups is 1. The van der Waals surface area contributed by atoms with Gasteiger partial charge in [-0.05, 0) is 12.1 Å². The van der Waals surface area contributed by atoms with E-state index in [4.69, 9.17) is 9.52 Å². The molecule has 1 aromatic heterocycles. The van der Waals surface area contributed by atoms with E-state index in [9.17, 15) is 10.1 Å². The predicted molar refractivity (Wildman–Crippen MR) is 44.5 cm³/mol. The van der Waals surface area contributed by atoms with E-state index in [2.05, 4.69) is 0 Å². The van der Waals surface area contributed by atoms with Gasteiger partial charge in [-0.25, -0.2) is 0 Å². The fourth-order valence-electron chi connectivity index (χ4n) is 1.18. The Morgan fingerprint density at radius 1 is 1.46 bits per heavy atom. The molecule has 1 aromatic carbocycles. The number of phenolic OH excluding ortho intramolecular Hbond substituents is 1. The average molecular weight is 179 g/mol. The second kappa shape index (κ2) is 2.48. The van der Waals surface area contributed by atoms with E-state index < -0.39 is 4.92 Å². The van der Waals surface area contributed by atoms with Crippen LogP contribution in [0.1, 0.15) is 0 Å². The molecule has 0 spiro atoms. The van der Waals surface area contributed by atoms with Gasteiger partial charge in [-0.1, -0.05) is 0 Å². The third kappa shape index (κ3) is 1.10. The summed E-state index contributed by atoms with van der Waals surface area (Å²) in [7, 11) is 0. The van der Waals surface area contributed by atoms with Gasteiger partial charge in [0, 0.05) is 5.39 Å². The van der Waals surface area contributed by atoms with Crippen molar-refractivity contribution in [3.63, 3.8) is 0 Å². The molecule has 0 aliphatic heterocycles. The van der Waals surface area contributed by atoms with Gasteiger partial charge in [0.2, 0.25) is 5.58 Å². The molecule has 0 amide bonds. The molecule has 0 aliphatic carbocycles. The number of hydrogen-bond acceptors (Lipinski definition) is 4. The molecule has 0 atom stereocenters. The summed E-state index contributed by atoms with van der Waals surface area (Å²) in [4.78, 5) is 9.91. The Balaban J connectivity index is 2.84. The zero-order chi connectivity index (χ0) is 9.42. The molecule has 5 heteroatoms. The van der Waals surface area contributed by atoms with Crippen LogP contribution in [0.5, 0.6) is 5.75 Å². The maximum absolute atomic E-state index is 10.5. The van der Waals surface area contributed by atoms with Gasteiger partial charge in [-0.3, -0.25) is 10.1 Å². The minimum absolute atomic E-state index is 0.138. The van der Waals surface area contributed by atoms with Gasteiger partial charge in [0.25, 0.3) is 0 Å². The van der Waals surface area contributed by atoms with Crippen LogP contribution in [0.3, 0.4) is 0 Å². The number of nitrogens with zero attached hydrogens (tertiary/aromatic N) is 1. The van der Waals surface area contributed by atoms with Gasteiger partial charge in [-0.2, -0.15) is 0 Å². The molecule has 5 nitrogen and oxygen atoms in total. The van der Waals surface area contributed by atoms with Crippen LogP contribution in [0, 0.1) is 10.1 Å². The molecule has 66 valence electrons. The predicted octanol–water partition coefficient (Wildman–Crippen LogP) is 2.05. The van der Waals surface area contributed by atoms with Crippen molar-refractivity contribution in [1.82, 2.24) is 0 Å². The van der Waals surface area contributed by atoms with Crippen molar-refractivity contribution in [2.45, 2.75) is 0 Å². The van der Waals surface area contributed by atoms with Gasteiger partial charge in [0.15, 0.2) is 0 Å². The summed E-state index contributed by atoms with van der Waals surface area (Å²) in [6.07, 6.45) is 1.34. The zero-order valence-electron chi connectivity index (χ0n) is 6.43. The summed E-state index contributed by atoms with van der Waals surface area (Å²) in [5, 5.41) is 20.2. The first-order valence-corrected chi connectivity index (χ1v) is 3.53. The molecule has 2 rings (SSSR count). The molecule has 2 aromatic rings. The molecule has 0 radical (unpaired) electrons. The fraction of sp³-hybridized carbons (Fsp3) is 0. The quantitative estimate of drug-likeness (QED) is 0.536. The maximum Gasteiger partial charge on any atom is 0.315 e. The Morgan fingerprint density at radius 2 is 2.23 bits per heavy atom. The summed E-state index contributed by atoms with van der Waals surface area (Å²) >= 11 is 0. The van der Waals surface area contributed by atoms with Crippen molar-refractivity contribution in [2.75, 3.05) is 0 Å². The molecule has 0 unspecified atom stereocenters. The van der Waals surface area contributed by atoms with E-state index in [1.54, 1.807) is 6.07 Å². The maximum atomic E-state index is 10.5. The highest BCUT2D eigenvalue weighted by molar-refractivity contribution is 5.87. The average Bonchev–Trinajstić information content (AvgIpc) is 2.49. The lowest BCUT2D eigenvalue weighted by molar-refractivity contribution is -0.383. The second-order valence-electron chi connectivity index (χ2n) is 2.56. The number of benzene rings is 1. The number of phenols is 1. The summed E-state index contributed by atoms with van der Waals surface area (Å²) in [6.45, 7) is 0. The van der Waals surface area contributed by atoms with Gasteiger partial charge < -0.3 is 9.52 Å². The Morgan fingerprint density at radius 3 is 2.92 bits per heavy atom. The summed E-state index contributed by atoms with van der Waals surface area (Å²) in [6, 6.07) is 4.03. The van der Waals surface area contributed by atoms with Crippen LogP contribution in [-0.4, -0.2) is 10.0 Å². The lowest BCUT2D eigenvalue weighted by atomic mass is 10.2. The molecule has 0 aliphatic rings. The van der Waals surface area contributed by atoms with Crippen molar-refractivity contribution in [2.24, 2.45) is 0 Å². The van der Waals surface area contributed by atoms with Gasteiger partial charge >= 0.3 is 5.69 Å². The summed E-state index contributed by atoms with van der Waals surface area (Å²) < 4.78 is 4.91. The molecular formula is C8H5NO4. The normalized spacial score (nSPS) is 10.5. The number of rotatable bonds is 1. The van der Waals surface area contributed by atoms with Crippen molar-refractivity contribution in [3.8, 4) is 5.75 Å². The third-order valence-corrected chi connectivity index (χ3v) is 1.71. The highest BCUT2D eigenvalue weighted by Gasteiger charge is 2.15. The van der Waals surface area contributed by atoms with Crippen molar-refractivity contribution in [3.05, 3.63) is 34.6 Å².